The van der Waals surface area contributed by atoms with E-state index in [0.717, 1.165) is 38.8 Å². The van der Waals surface area contributed by atoms with Gasteiger partial charge >= 0.3 is 0 Å². The molecule has 1 unspecified atom stereocenters. The van der Waals surface area contributed by atoms with Crippen LogP contribution in [-0.4, -0.2) is 33.9 Å². The van der Waals surface area contributed by atoms with E-state index in [4.69, 9.17) is 5.73 Å². The molecule has 8 heteroatoms. The number of rotatable bonds is 5. The van der Waals surface area contributed by atoms with Crippen molar-refractivity contribution in [2.24, 2.45) is 11.7 Å². The second-order valence-corrected chi connectivity index (χ2v) is 6.40. The summed E-state index contributed by atoms with van der Waals surface area (Å²) in [6.45, 7) is 1.59. The molecule has 1 saturated heterocycles. The first kappa shape index (κ1) is 15.9. The maximum atomic E-state index is 12.0. The standard InChI is InChI=1S/C15H22N6O2/c16-6-3-15(4-7-18-8-5-15)21-9-11(12(17)22)13(20-21)19-14(23)10-1-2-10/h9-10,12,18,22H,1-5,7-8,17H2,(H,19,20,23). The number of amides is 1. The van der Waals surface area contributed by atoms with E-state index in [1.165, 1.54) is 0 Å². The molecule has 1 aliphatic carbocycles. The summed E-state index contributed by atoms with van der Waals surface area (Å²) < 4.78 is 1.71. The highest BCUT2D eigenvalue weighted by Crippen LogP contribution is 2.34. The Labute approximate surface area is 134 Å². The van der Waals surface area contributed by atoms with Gasteiger partial charge in [-0.3, -0.25) is 9.48 Å². The third-order valence-corrected chi connectivity index (χ3v) is 4.68. The van der Waals surface area contributed by atoms with Crippen LogP contribution >= 0.6 is 0 Å². The molecule has 0 radical (unpaired) electrons. The summed E-state index contributed by atoms with van der Waals surface area (Å²) in [4.78, 5) is 12.0. The van der Waals surface area contributed by atoms with Gasteiger partial charge in [0.05, 0.1) is 23.6 Å². The molecule has 1 amide bonds. The van der Waals surface area contributed by atoms with Crippen molar-refractivity contribution in [1.82, 2.24) is 15.1 Å². The molecule has 1 aliphatic heterocycles. The lowest BCUT2D eigenvalue weighted by molar-refractivity contribution is -0.117. The maximum Gasteiger partial charge on any atom is 0.228 e. The van der Waals surface area contributed by atoms with E-state index in [9.17, 15) is 15.2 Å². The molecule has 2 heterocycles. The van der Waals surface area contributed by atoms with Crippen molar-refractivity contribution in [3.63, 3.8) is 0 Å². The third kappa shape index (κ3) is 3.22. The number of aliphatic hydroxyl groups is 1. The number of nitrogens with zero attached hydrogens (tertiary/aromatic N) is 3. The van der Waals surface area contributed by atoms with E-state index in [0.29, 0.717) is 17.8 Å². The van der Waals surface area contributed by atoms with Crippen molar-refractivity contribution in [1.29, 1.82) is 5.26 Å². The summed E-state index contributed by atoms with van der Waals surface area (Å²) in [6, 6.07) is 2.23. The van der Waals surface area contributed by atoms with Gasteiger partial charge in [-0.1, -0.05) is 0 Å². The quantitative estimate of drug-likeness (QED) is 0.573. The Hall–Kier alpha value is -1.95. The van der Waals surface area contributed by atoms with Crippen LogP contribution in [0.5, 0.6) is 0 Å². The molecule has 0 spiro atoms. The van der Waals surface area contributed by atoms with Crippen LogP contribution in [0.2, 0.25) is 0 Å². The highest BCUT2D eigenvalue weighted by Gasteiger charge is 2.37. The van der Waals surface area contributed by atoms with Gasteiger partial charge in [0.2, 0.25) is 5.91 Å². The summed E-state index contributed by atoms with van der Waals surface area (Å²) in [7, 11) is 0. The van der Waals surface area contributed by atoms with E-state index in [1.807, 2.05) is 0 Å². The fourth-order valence-electron chi connectivity index (χ4n) is 3.03. The first-order chi connectivity index (χ1) is 11.1. The number of hydrogen-bond donors (Lipinski definition) is 4. The Bertz CT molecular complexity index is 622. The second kappa shape index (κ2) is 6.28. The van der Waals surface area contributed by atoms with E-state index in [1.54, 1.807) is 10.9 Å². The van der Waals surface area contributed by atoms with Crippen molar-refractivity contribution >= 4 is 11.7 Å². The molecule has 0 aromatic carbocycles. The first-order valence-corrected chi connectivity index (χ1v) is 7.98. The molecule has 124 valence electrons. The van der Waals surface area contributed by atoms with Gasteiger partial charge in [-0.25, -0.2) is 0 Å². The zero-order valence-electron chi connectivity index (χ0n) is 13.0. The molecule has 5 N–H and O–H groups in total. The molecule has 1 atom stereocenters. The van der Waals surface area contributed by atoms with Gasteiger partial charge in [0.25, 0.3) is 0 Å². The van der Waals surface area contributed by atoms with Crippen LogP contribution in [0.3, 0.4) is 0 Å². The number of anilines is 1. The van der Waals surface area contributed by atoms with Crippen molar-refractivity contribution in [3.8, 4) is 6.07 Å². The van der Waals surface area contributed by atoms with Crippen molar-refractivity contribution in [2.75, 3.05) is 18.4 Å². The highest BCUT2D eigenvalue weighted by molar-refractivity contribution is 5.93. The minimum Gasteiger partial charge on any atom is -0.374 e. The molecule has 1 saturated carbocycles. The molecule has 2 fully saturated rings. The number of nitrogens with two attached hydrogens (primary N) is 1. The minimum atomic E-state index is -1.22. The Morgan fingerprint density at radius 2 is 2.30 bits per heavy atom. The highest BCUT2D eigenvalue weighted by atomic mass is 16.3. The number of hydrogen-bond acceptors (Lipinski definition) is 6. The fourth-order valence-corrected chi connectivity index (χ4v) is 3.03. The maximum absolute atomic E-state index is 12.0. The number of carbonyl (C=O) groups excluding carboxylic acids is 1. The third-order valence-electron chi connectivity index (χ3n) is 4.68. The van der Waals surface area contributed by atoms with Crippen LogP contribution in [0, 0.1) is 17.2 Å². The zero-order valence-corrected chi connectivity index (χ0v) is 13.0. The molecular formula is C15H22N6O2. The van der Waals surface area contributed by atoms with E-state index < -0.39 is 11.8 Å². The van der Waals surface area contributed by atoms with Gasteiger partial charge < -0.3 is 21.5 Å². The Balaban J connectivity index is 1.91. The minimum absolute atomic E-state index is 0.0369. The van der Waals surface area contributed by atoms with Crippen molar-refractivity contribution in [2.45, 2.75) is 43.9 Å². The molecule has 8 nitrogen and oxygen atoms in total. The number of aliphatic hydroxyl groups excluding tert-OH is 1. The Morgan fingerprint density at radius 3 is 2.87 bits per heavy atom. The molecule has 0 bridgehead atoms. The molecule has 3 rings (SSSR count). The number of nitriles is 1. The lowest BCUT2D eigenvalue weighted by atomic mass is 9.86. The Morgan fingerprint density at radius 1 is 1.61 bits per heavy atom. The van der Waals surface area contributed by atoms with Crippen LogP contribution < -0.4 is 16.4 Å². The summed E-state index contributed by atoms with van der Waals surface area (Å²) >= 11 is 0. The fraction of sp³-hybridized carbons (Fsp3) is 0.667. The normalized spacial score (nSPS) is 21.4. The predicted octanol–water partition coefficient (Wildman–Crippen LogP) is 0.174. The summed E-state index contributed by atoms with van der Waals surface area (Å²) in [5.74, 6) is 0.249. The topological polar surface area (TPSA) is 129 Å². The molecular weight excluding hydrogens is 296 g/mol. The molecule has 1 aromatic heterocycles. The molecule has 23 heavy (non-hydrogen) atoms. The van der Waals surface area contributed by atoms with Gasteiger partial charge in [-0.15, -0.1) is 0 Å². The summed E-state index contributed by atoms with van der Waals surface area (Å²) in [6.07, 6.45) is 4.06. The van der Waals surface area contributed by atoms with Gasteiger partial charge in [0.1, 0.15) is 6.23 Å². The van der Waals surface area contributed by atoms with E-state index in [2.05, 4.69) is 21.8 Å². The van der Waals surface area contributed by atoms with Crippen molar-refractivity contribution < 1.29 is 9.90 Å². The lowest BCUT2D eigenvalue weighted by Gasteiger charge is -2.36. The number of carbonyl (C=O) groups is 1. The summed E-state index contributed by atoms with van der Waals surface area (Å²) in [5.41, 5.74) is 5.58. The van der Waals surface area contributed by atoms with Crippen molar-refractivity contribution in [3.05, 3.63) is 11.8 Å². The second-order valence-electron chi connectivity index (χ2n) is 6.40. The largest absolute Gasteiger partial charge is 0.374 e. The number of piperidine rings is 1. The van der Waals surface area contributed by atoms with Crippen LogP contribution in [0.15, 0.2) is 6.20 Å². The van der Waals surface area contributed by atoms with Gasteiger partial charge in [0.15, 0.2) is 5.82 Å². The smallest absolute Gasteiger partial charge is 0.228 e. The molecule has 2 aliphatic rings. The van der Waals surface area contributed by atoms with Gasteiger partial charge in [-0.2, -0.15) is 10.4 Å². The average molecular weight is 318 g/mol. The van der Waals surface area contributed by atoms with E-state index >= 15 is 0 Å². The number of nitrogens with one attached hydrogen (secondary N) is 2. The van der Waals surface area contributed by atoms with E-state index in [-0.39, 0.29) is 11.8 Å². The average Bonchev–Trinajstić information content (AvgIpc) is 3.29. The van der Waals surface area contributed by atoms with Crippen LogP contribution in [0.4, 0.5) is 5.82 Å². The monoisotopic (exact) mass is 318 g/mol. The zero-order chi connectivity index (χ0) is 16.4. The summed E-state index contributed by atoms with van der Waals surface area (Å²) in [5, 5.41) is 29.5. The van der Waals surface area contributed by atoms with Crippen LogP contribution in [0.25, 0.3) is 0 Å². The molecule has 1 aromatic rings. The van der Waals surface area contributed by atoms with Gasteiger partial charge in [-0.05, 0) is 38.8 Å². The van der Waals surface area contributed by atoms with Gasteiger partial charge in [0, 0.05) is 12.1 Å². The van der Waals surface area contributed by atoms with Crippen LogP contribution in [-0.2, 0) is 10.3 Å². The number of aromatic nitrogens is 2. The van der Waals surface area contributed by atoms with Crippen LogP contribution in [0.1, 0.15) is 43.9 Å². The first-order valence-electron chi connectivity index (χ1n) is 7.98. The Kier molecular flexibility index (Phi) is 4.35. The predicted molar refractivity (Wildman–Crippen MR) is 83.0 cm³/mol. The SMILES string of the molecule is N#CCC1(n2cc(C(N)O)c(NC(=O)C3CC3)n2)CCNCC1. The lowest BCUT2D eigenvalue weighted by Crippen LogP contribution is -2.44.